The topological polar surface area (TPSA) is 49.8 Å². The highest BCUT2D eigenvalue weighted by molar-refractivity contribution is 5.67. The van der Waals surface area contributed by atoms with Gasteiger partial charge in [0.1, 0.15) is 0 Å². The number of carbonyl (C=O) groups is 1. The largest absolute Gasteiger partial charge is 0.481 e. The second-order valence-corrected chi connectivity index (χ2v) is 5.06. The van der Waals surface area contributed by atoms with Crippen molar-refractivity contribution in [2.75, 3.05) is 19.7 Å². The van der Waals surface area contributed by atoms with E-state index in [0.717, 1.165) is 19.0 Å². The SMILES string of the molecule is CC1CCCC1N1CCOC(CC(=O)O)C1. The van der Waals surface area contributed by atoms with Gasteiger partial charge in [-0.3, -0.25) is 9.69 Å². The first-order valence-electron chi connectivity index (χ1n) is 6.24. The van der Waals surface area contributed by atoms with Gasteiger partial charge in [0.25, 0.3) is 0 Å². The number of ether oxygens (including phenoxy) is 1. The fourth-order valence-corrected chi connectivity index (χ4v) is 3.03. The molecule has 0 aromatic heterocycles. The quantitative estimate of drug-likeness (QED) is 0.790. The Morgan fingerprint density at radius 1 is 1.50 bits per heavy atom. The lowest BCUT2D eigenvalue weighted by Gasteiger charge is -2.38. The zero-order valence-corrected chi connectivity index (χ0v) is 9.89. The third kappa shape index (κ3) is 2.74. The molecule has 4 heteroatoms. The molecule has 0 bridgehead atoms. The maximum Gasteiger partial charge on any atom is 0.306 e. The molecule has 1 N–H and O–H groups in total. The van der Waals surface area contributed by atoms with E-state index in [1.54, 1.807) is 0 Å². The van der Waals surface area contributed by atoms with Crippen LogP contribution in [0.4, 0.5) is 0 Å². The maximum atomic E-state index is 10.7. The van der Waals surface area contributed by atoms with Gasteiger partial charge in [-0.15, -0.1) is 0 Å². The average molecular weight is 227 g/mol. The Balaban J connectivity index is 1.88. The summed E-state index contributed by atoms with van der Waals surface area (Å²) in [5.41, 5.74) is 0. The normalized spacial score (nSPS) is 36.4. The van der Waals surface area contributed by atoms with Gasteiger partial charge in [0.2, 0.25) is 0 Å². The van der Waals surface area contributed by atoms with E-state index in [9.17, 15) is 4.79 Å². The van der Waals surface area contributed by atoms with E-state index < -0.39 is 5.97 Å². The molecule has 0 amide bonds. The number of nitrogens with zero attached hydrogens (tertiary/aromatic N) is 1. The molecular weight excluding hydrogens is 206 g/mol. The minimum absolute atomic E-state index is 0.112. The molecule has 1 aliphatic carbocycles. The van der Waals surface area contributed by atoms with E-state index in [4.69, 9.17) is 9.84 Å². The van der Waals surface area contributed by atoms with Crippen molar-refractivity contribution in [3.8, 4) is 0 Å². The van der Waals surface area contributed by atoms with Crippen LogP contribution in [-0.2, 0) is 9.53 Å². The maximum absolute atomic E-state index is 10.7. The Labute approximate surface area is 96.6 Å². The highest BCUT2D eigenvalue weighted by atomic mass is 16.5. The second-order valence-electron chi connectivity index (χ2n) is 5.06. The standard InChI is InChI=1S/C12H21NO3/c1-9-3-2-4-11(9)13-5-6-16-10(8-13)7-12(14)15/h9-11H,2-8H2,1H3,(H,14,15). The van der Waals surface area contributed by atoms with Crippen LogP contribution in [0.1, 0.15) is 32.6 Å². The van der Waals surface area contributed by atoms with Crippen LogP contribution >= 0.6 is 0 Å². The molecule has 1 saturated heterocycles. The third-order valence-corrected chi connectivity index (χ3v) is 3.86. The number of hydrogen-bond donors (Lipinski definition) is 1. The van der Waals surface area contributed by atoms with Crippen molar-refractivity contribution in [2.24, 2.45) is 5.92 Å². The first kappa shape index (κ1) is 11.9. The Morgan fingerprint density at radius 2 is 2.31 bits per heavy atom. The third-order valence-electron chi connectivity index (χ3n) is 3.86. The molecule has 2 fully saturated rings. The van der Waals surface area contributed by atoms with Gasteiger partial charge in [0.05, 0.1) is 19.1 Å². The summed E-state index contributed by atoms with van der Waals surface area (Å²) in [6.07, 6.45) is 3.91. The summed E-state index contributed by atoms with van der Waals surface area (Å²) in [4.78, 5) is 13.1. The lowest BCUT2D eigenvalue weighted by molar-refractivity contribution is -0.142. The molecule has 1 heterocycles. The smallest absolute Gasteiger partial charge is 0.306 e. The Morgan fingerprint density at radius 3 is 2.94 bits per heavy atom. The number of rotatable bonds is 3. The predicted molar refractivity (Wildman–Crippen MR) is 60.4 cm³/mol. The van der Waals surface area contributed by atoms with Crippen LogP contribution in [-0.4, -0.2) is 47.8 Å². The lowest BCUT2D eigenvalue weighted by atomic mass is 10.0. The molecule has 0 spiro atoms. The summed E-state index contributed by atoms with van der Waals surface area (Å²) >= 11 is 0. The molecule has 3 unspecified atom stereocenters. The summed E-state index contributed by atoms with van der Waals surface area (Å²) < 4.78 is 5.49. The van der Waals surface area contributed by atoms with Gasteiger partial charge in [0, 0.05) is 19.1 Å². The molecule has 2 aliphatic rings. The van der Waals surface area contributed by atoms with Gasteiger partial charge in [-0.25, -0.2) is 0 Å². The molecule has 0 radical (unpaired) electrons. The van der Waals surface area contributed by atoms with Crippen molar-refractivity contribution < 1.29 is 14.6 Å². The van der Waals surface area contributed by atoms with E-state index in [1.807, 2.05) is 0 Å². The van der Waals surface area contributed by atoms with E-state index >= 15 is 0 Å². The molecule has 92 valence electrons. The highest BCUT2D eigenvalue weighted by Gasteiger charge is 2.33. The van der Waals surface area contributed by atoms with Gasteiger partial charge in [-0.05, 0) is 18.8 Å². The number of carboxylic acids is 1. The van der Waals surface area contributed by atoms with Crippen molar-refractivity contribution in [2.45, 2.75) is 44.8 Å². The highest BCUT2D eigenvalue weighted by Crippen LogP contribution is 2.30. The minimum Gasteiger partial charge on any atom is -0.481 e. The summed E-state index contributed by atoms with van der Waals surface area (Å²) in [5, 5.41) is 8.77. The Kier molecular flexibility index (Phi) is 3.82. The summed E-state index contributed by atoms with van der Waals surface area (Å²) in [6.45, 7) is 4.74. The summed E-state index contributed by atoms with van der Waals surface area (Å²) in [7, 11) is 0. The van der Waals surface area contributed by atoms with E-state index in [0.29, 0.717) is 12.6 Å². The zero-order chi connectivity index (χ0) is 11.5. The van der Waals surface area contributed by atoms with Gasteiger partial charge in [0.15, 0.2) is 0 Å². The first-order chi connectivity index (χ1) is 7.66. The molecule has 16 heavy (non-hydrogen) atoms. The number of hydrogen-bond acceptors (Lipinski definition) is 3. The van der Waals surface area contributed by atoms with Crippen LogP contribution in [0.5, 0.6) is 0 Å². The molecule has 3 atom stereocenters. The van der Waals surface area contributed by atoms with Crippen LogP contribution < -0.4 is 0 Å². The first-order valence-corrected chi connectivity index (χ1v) is 6.24. The predicted octanol–water partition coefficient (Wildman–Crippen LogP) is 1.35. The van der Waals surface area contributed by atoms with E-state index in [2.05, 4.69) is 11.8 Å². The van der Waals surface area contributed by atoms with Crippen LogP contribution in [0.15, 0.2) is 0 Å². The van der Waals surface area contributed by atoms with Gasteiger partial charge in [-0.2, -0.15) is 0 Å². The fourth-order valence-electron chi connectivity index (χ4n) is 3.03. The van der Waals surface area contributed by atoms with Gasteiger partial charge < -0.3 is 9.84 Å². The monoisotopic (exact) mass is 227 g/mol. The number of morpholine rings is 1. The van der Waals surface area contributed by atoms with Crippen LogP contribution in [0.25, 0.3) is 0 Å². The van der Waals surface area contributed by atoms with Crippen molar-refractivity contribution in [1.82, 2.24) is 4.90 Å². The van der Waals surface area contributed by atoms with Crippen molar-refractivity contribution >= 4 is 5.97 Å². The molecular formula is C12H21NO3. The summed E-state index contributed by atoms with van der Waals surface area (Å²) in [6, 6.07) is 0.653. The lowest BCUT2D eigenvalue weighted by Crippen LogP contribution is -2.49. The Bertz CT molecular complexity index is 257. The number of aliphatic carboxylic acids is 1. The molecule has 0 aromatic rings. The number of carboxylic acid groups (broad SMARTS) is 1. The second kappa shape index (κ2) is 5.15. The van der Waals surface area contributed by atoms with Crippen molar-refractivity contribution in [1.29, 1.82) is 0 Å². The fraction of sp³-hybridized carbons (Fsp3) is 0.917. The molecule has 1 saturated carbocycles. The summed E-state index contributed by atoms with van der Waals surface area (Å²) in [5.74, 6) is -0.00472. The molecule has 0 aromatic carbocycles. The molecule has 2 rings (SSSR count). The van der Waals surface area contributed by atoms with Crippen molar-refractivity contribution in [3.63, 3.8) is 0 Å². The molecule has 4 nitrogen and oxygen atoms in total. The molecule has 1 aliphatic heterocycles. The van der Waals surface area contributed by atoms with E-state index in [1.165, 1.54) is 19.3 Å². The van der Waals surface area contributed by atoms with Crippen LogP contribution in [0, 0.1) is 5.92 Å². The van der Waals surface area contributed by atoms with E-state index in [-0.39, 0.29) is 12.5 Å². The van der Waals surface area contributed by atoms with Gasteiger partial charge >= 0.3 is 5.97 Å². The Hall–Kier alpha value is -0.610. The zero-order valence-electron chi connectivity index (χ0n) is 9.89. The average Bonchev–Trinajstić information content (AvgIpc) is 2.64. The minimum atomic E-state index is -0.758. The van der Waals surface area contributed by atoms with Gasteiger partial charge in [-0.1, -0.05) is 13.3 Å². The van der Waals surface area contributed by atoms with Crippen LogP contribution in [0.2, 0.25) is 0 Å². The van der Waals surface area contributed by atoms with Crippen molar-refractivity contribution in [3.05, 3.63) is 0 Å². The van der Waals surface area contributed by atoms with Crippen LogP contribution in [0.3, 0.4) is 0 Å².